The van der Waals surface area contributed by atoms with Crippen LogP contribution >= 0.6 is 11.6 Å². The Labute approximate surface area is 90.8 Å². The fourth-order valence-corrected chi connectivity index (χ4v) is 1.12. The van der Waals surface area contributed by atoms with Gasteiger partial charge in [0, 0.05) is 6.54 Å². The van der Waals surface area contributed by atoms with Crippen LogP contribution < -0.4 is 17.0 Å². The smallest absolute Gasteiger partial charge is 0.278 e. The molecule has 1 aromatic heterocycles. The Hall–Kier alpha value is -1.56. The maximum atomic E-state index is 11.5. The average molecular weight is 231 g/mol. The number of hydrogen-bond donors (Lipinski definition) is 2. The van der Waals surface area contributed by atoms with Crippen molar-refractivity contribution in [1.29, 1.82) is 0 Å². The first-order chi connectivity index (χ1) is 6.93. The SMILES string of the molecule is CC(Cn1cnc(Cl)c(N)c1=O)C(N)=O. The van der Waals surface area contributed by atoms with Gasteiger partial charge >= 0.3 is 0 Å². The summed E-state index contributed by atoms with van der Waals surface area (Å²) in [5.74, 6) is -0.958. The molecule has 82 valence electrons. The second kappa shape index (κ2) is 4.31. The molecule has 6 nitrogen and oxygen atoms in total. The van der Waals surface area contributed by atoms with Crippen molar-refractivity contribution in [3.05, 3.63) is 21.8 Å². The van der Waals surface area contributed by atoms with Crippen LogP contribution in [0.4, 0.5) is 5.69 Å². The van der Waals surface area contributed by atoms with Crippen LogP contribution in [0.25, 0.3) is 0 Å². The van der Waals surface area contributed by atoms with Crippen molar-refractivity contribution in [2.75, 3.05) is 5.73 Å². The third-order valence-electron chi connectivity index (χ3n) is 1.98. The summed E-state index contributed by atoms with van der Waals surface area (Å²) >= 11 is 5.54. The van der Waals surface area contributed by atoms with Gasteiger partial charge in [-0.15, -0.1) is 0 Å². The van der Waals surface area contributed by atoms with E-state index in [1.54, 1.807) is 6.92 Å². The van der Waals surface area contributed by atoms with Crippen molar-refractivity contribution in [2.24, 2.45) is 11.7 Å². The van der Waals surface area contributed by atoms with E-state index in [1.165, 1.54) is 10.9 Å². The number of nitrogens with zero attached hydrogens (tertiary/aromatic N) is 2. The lowest BCUT2D eigenvalue weighted by Crippen LogP contribution is -2.31. The van der Waals surface area contributed by atoms with Crippen LogP contribution in [0.3, 0.4) is 0 Å². The number of amides is 1. The second-order valence-corrected chi connectivity index (χ2v) is 3.57. The van der Waals surface area contributed by atoms with Crippen molar-refractivity contribution in [3.8, 4) is 0 Å². The molecule has 0 aromatic carbocycles. The molecule has 1 rings (SSSR count). The molecule has 7 heteroatoms. The molecule has 0 saturated carbocycles. The molecular weight excluding hydrogens is 220 g/mol. The van der Waals surface area contributed by atoms with Gasteiger partial charge in [-0.3, -0.25) is 14.2 Å². The number of hydrogen-bond acceptors (Lipinski definition) is 4. The quantitative estimate of drug-likeness (QED) is 0.690. The molecule has 0 saturated heterocycles. The van der Waals surface area contributed by atoms with Gasteiger partial charge in [0.05, 0.1) is 12.2 Å². The molecule has 1 aromatic rings. The van der Waals surface area contributed by atoms with Crippen molar-refractivity contribution < 1.29 is 4.79 Å². The zero-order valence-corrected chi connectivity index (χ0v) is 8.86. The summed E-state index contributed by atoms with van der Waals surface area (Å²) in [6, 6.07) is 0. The topological polar surface area (TPSA) is 104 Å². The maximum Gasteiger partial charge on any atom is 0.278 e. The monoisotopic (exact) mass is 230 g/mol. The molecule has 1 atom stereocenters. The van der Waals surface area contributed by atoms with Gasteiger partial charge in [-0.25, -0.2) is 4.98 Å². The van der Waals surface area contributed by atoms with E-state index in [0.29, 0.717) is 0 Å². The molecule has 0 aliphatic rings. The van der Waals surface area contributed by atoms with Crippen LogP contribution in [0.15, 0.2) is 11.1 Å². The van der Waals surface area contributed by atoms with Crippen LogP contribution in [0.1, 0.15) is 6.92 Å². The van der Waals surface area contributed by atoms with Gasteiger partial charge in [-0.05, 0) is 0 Å². The van der Waals surface area contributed by atoms with Gasteiger partial charge in [0.1, 0.15) is 5.69 Å². The first-order valence-corrected chi connectivity index (χ1v) is 4.61. The van der Waals surface area contributed by atoms with Crippen LogP contribution in [0.5, 0.6) is 0 Å². The summed E-state index contributed by atoms with van der Waals surface area (Å²) < 4.78 is 1.20. The van der Waals surface area contributed by atoms with Crippen LogP contribution in [-0.2, 0) is 11.3 Å². The number of carbonyl (C=O) groups excluding carboxylic acids is 1. The zero-order valence-electron chi connectivity index (χ0n) is 8.11. The summed E-state index contributed by atoms with van der Waals surface area (Å²) in [5, 5.41) is -0.0389. The standard InChI is InChI=1S/C8H11ClN4O2/c1-4(7(11)14)2-13-3-12-6(9)5(10)8(13)15/h3-4H,2,10H2,1H3,(H2,11,14). The summed E-state index contributed by atoms with van der Waals surface area (Å²) in [7, 11) is 0. The Kier molecular flexibility index (Phi) is 3.31. The first kappa shape index (κ1) is 11.5. The van der Waals surface area contributed by atoms with E-state index in [4.69, 9.17) is 23.1 Å². The average Bonchev–Trinajstić information content (AvgIpc) is 2.18. The first-order valence-electron chi connectivity index (χ1n) is 4.23. The number of anilines is 1. The van der Waals surface area contributed by atoms with Gasteiger partial charge in [-0.2, -0.15) is 0 Å². The number of halogens is 1. The van der Waals surface area contributed by atoms with E-state index in [9.17, 15) is 9.59 Å². The Morgan fingerprint density at radius 1 is 1.73 bits per heavy atom. The molecular formula is C8H11ClN4O2. The maximum absolute atomic E-state index is 11.5. The highest BCUT2D eigenvalue weighted by Gasteiger charge is 2.12. The highest BCUT2D eigenvalue weighted by Crippen LogP contribution is 2.08. The lowest BCUT2D eigenvalue weighted by molar-refractivity contribution is -0.121. The fraction of sp³-hybridized carbons (Fsp3) is 0.375. The minimum absolute atomic E-state index is 0.0389. The van der Waals surface area contributed by atoms with E-state index in [-0.39, 0.29) is 17.4 Å². The van der Waals surface area contributed by atoms with E-state index >= 15 is 0 Å². The molecule has 0 aliphatic heterocycles. The third kappa shape index (κ3) is 2.47. The third-order valence-corrected chi connectivity index (χ3v) is 2.28. The predicted molar refractivity (Wildman–Crippen MR) is 56.3 cm³/mol. The molecule has 0 bridgehead atoms. The van der Waals surface area contributed by atoms with Crippen LogP contribution in [0.2, 0.25) is 5.15 Å². The second-order valence-electron chi connectivity index (χ2n) is 3.21. The van der Waals surface area contributed by atoms with Crippen molar-refractivity contribution >= 4 is 23.2 Å². The van der Waals surface area contributed by atoms with Crippen LogP contribution in [0, 0.1) is 5.92 Å². The van der Waals surface area contributed by atoms with Gasteiger partial charge in [0.2, 0.25) is 5.91 Å². The molecule has 0 aliphatic carbocycles. The predicted octanol–water partition coefficient (Wildman–Crippen LogP) is -0.400. The van der Waals surface area contributed by atoms with Crippen molar-refractivity contribution in [1.82, 2.24) is 9.55 Å². The van der Waals surface area contributed by atoms with E-state index in [1.807, 2.05) is 0 Å². The lowest BCUT2D eigenvalue weighted by atomic mass is 10.2. The molecule has 1 heterocycles. The zero-order chi connectivity index (χ0) is 11.6. The molecule has 0 radical (unpaired) electrons. The lowest BCUT2D eigenvalue weighted by Gasteiger charge is -2.10. The Balaban J connectivity index is 3.02. The van der Waals surface area contributed by atoms with Gasteiger partial charge in [-0.1, -0.05) is 18.5 Å². The molecule has 4 N–H and O–H groups in total. The fourth-order valence-electron chi connectivity index (χ4n) is 1.00. The number of carbonyl (C=O) groups is 1. The summed E-state index contributed by atoms with van der Waals surface area (Å²) in [4.78, 5) is 26.0. The van der Waals surface area contributed by atoms with Gasteiger partial charge < -0.3 is 11.5 Å². The normalized spacial score (nSPS) is 12.4. The Morgan fingerprint density at radius 2 is 2.33 bits per heavy atom. The number of nitrogen functional groups attached to an aromatic ring is 1. The summed E-state index contributed by atoms with van der Waals surface area (Å²) in [5.41, 5.74) is 9.86. The minimum atomic E-state index is -0.490. The molecule has 0 spiro atoms. The number of aromatic nitrogens is 2. The Bertz CT molecular complexity index is 443. The number of primary amides is 1. The highest BCUT2D eigenvalue weighted by molar-refractivity contribution is 6.31. The van der Waals surface area contributed by atoms with E-state index in [0.717, 1.165) is 0 Å². The summed E-state index contributed by atoms with van der Waals surface area (Å²) in [6.07, 6.45) is 1.24. The largest absolute Gasteiger partial charge is 0.392 e. The molecule has 1 unspecified atom stereocenters. The molecule has 1 amide bonds. The minimum Gasteiger partial charge on any atom is -0.392 e. The molecule has 15 heavy (non-hydrogen) atoms. The number of nitrogens with two attached hydrogens (primary N) is 2. The summed E-state index contributed by atoms with van der Waals surface area (Å²) in [6.45, 7) is 1.75. The van der Waals surface area contributed by atoms with Gasteiger partial charge in [0.15, 0.2) is 5.15 Å². The van der Waals surface area contributed by atoms with E-state index in [2.05, 4.69) is 4.98 Å². The number of rotatable bonds is 3. The Morgan fingerprint density at radius 3 is 2.87 bits per heavy atom. The van der Waals surface area contributed by atoms with Crippen LogP contribution in [-0.4, -0.2) is 15.5 Å². The highest BCUT2D eigenvalue weighted by atomic mass is 35.5. The molecule has 0 fully saturated rings. The van der Waals surface area contributed by atoms with Gasteiger partial charge in [0.25, 0.3) is 5.56 Å². The van der Waals surface area contributed by atoms with Crippen molar-refractivity contribution in [2.45, 2.75) is 13.5 Å². The van der Waals surface area contributed by atoms with Crippen molar-refractivity contribution in [3.63, 3.8) is 0 Å². The van der Waals surface area contributed by atoms with E-state index < -0.39 is 17.4 Å².